The molecule has 1 saturated heterocycles. The molecule has 2 aromatic rings. The number of para-hydroxylation sites is 1. The van der Waals surface area contributed by atoms with E-state index in [1.54, 1.807) is 13.0 Å². The summed E-state index contributed by atoms with van der Waals surface area (Å²) < 4.78 is 0. The molecule has 1 aliphatic rings. The molecule has 2 aromatic carbocycles. The van der Waals surface area contributed by atoms with E-state index in [1.807, 2.05) is 18.2 Å². The van der Waals surface area contributed by atoms with Crippen LogP contribution in [0.4, 0.5) is 11.4 Å². The van der Waals surface area contributed by atoms with Crippen molar-refractivity contribution in [2.75, 3.05) is 31.1 Å². The number of nitro benzene ring substituents is 1. The van der Waals surface area contributed by atoms with Gasteiger partial charge in [0.2, 0.25) is 0 Å². The van der Waals surface area contributed by atoms with Crippen molar-refractivity contribution in [2.24, 2.45) is 0 Å². The Morgan fingerprint density at radius 1 is 1.04 bits per heavy atom. The lowest BCUT2D eigenvalue weighted by Crippen LogP contribution is -2.45. The minimum atomic E-state index is -0.299. The summed E-state index contributed by atoms with van der Waals surface area (Å²) in [6.45, 7) is 6.45. The van der Waals surface area contributed by atoms with E-state index in [9.17, 15) is 10.1 Å². The van der Waals surface area contributed by atoms with E-state index in [4.69, 9.17) is 0 Å². The molecule has 0 atom stereocenters. The number of nitrogens with zero attached hydrogens (tertiary/aromatic N) is 3. The van der Waals surface area contributed by atoms with E-state index in [1.165, 1.54) is 5.69 Å². The molecule has 0 unspecified atom stereocenters. The van der Waals surface area contributed by atoms with E-state index >= 15 is 0 Å². The van der Waals surface area contributed by atoms with E-state index in [0.717, 1.165) is 38.3 Å². The largest absolute Gasteiger partial charge is 0.369 e. The molecular weight excluding hydrogens is 290 g/mol. The summed E-state index contributed by atoms with van der Waals surface area (Å²) in [6.07, 6.45) is 0. The molecule has 0 aromatic heterocycles. The van der Waals surface area contributed by atoms with Gasteiger partial charge in [0.25, 0.3) is 5.69 Å². The molecule has 0 N–H and O–H groups in total. The number of hydrogen-bond acceptors (Lipinski definition) is 4. The monoisotopic (exact) mass is 311 g/mol. The number of hydrogen-bond donors (Lipinski definition) is 0. The topological polar surface area (TPSA) is 49.6 Å². The van der Waals surface area contributed by atoms with E-state index in [0.29, 0.717) is 5.56 Å². The number of benzene rings is 2. The first kappa shape index (κ1) is 15.5. The third-order valence-corrected chi connectivity index (χ3v) is 4.37. The van der Waals surface area contributed by atoms with Crippen LogP contribution in [0.25, 0.3) is 0 Å². The molecule has 1 aliphatic heterocycles. The second-order valence-corrected chi connectivity index (χ2v) is 5.98. The molecule has 5 nitrogen and oxygen atoms in total. The van der Waals surface area contributed by atoms with Crippen LogP contribution < -0.4 is 4.90 Å². The fourth-order valence-corrected chi connectivity index (χ4v) is 3.01. The highest BCUT2D eigenvalue weighted by Gasteiger charge is 2.18. The lowest BCUT2D eigenvalue weighted by Gasteiger charge is -2.36. The lowest BCUT2D eigenvalue weighted by molar-refractivity contribution is -0.385. The van der Waals surface area contributed by atoms with Crippen LogP contribution >= 0.6 is 0 Å². The highest BCUT2D eigenvalue weighted by Crippen LogP contribution is 2.21. The van der Waals surface area contributed by atoms with Gasteiger partial charge in [0.1, 0.15) is 0 Å². The van der Waals surface area contributed by atoms with Crippen molar-refractivity contribution in [2.45, 2.75) is 13.5 Å². The quantitative estimate of drug-likeness (QED) is 0.642. The van der Waals surface area contributed by atoms with Crippen molar-refractivity contribution in [3.05, 3.63) is 69.8 Å². The van der Waals surface area contributed by atoms with Gasteiger partial charge in [0.15, 0.2) is 0 Å². The van der Waals surface area contributed by atoms with Crippen molar-refractivity contribution in [1.82, 2.24) is 4.90 Å². The molecule has 5 heteroatoms. The molecule has 1 heterocycles. The second kappa shape index (κ2) is 6.79. The van der Waals surface area contributed by atoms with Gasteiger partial charge in [-0.15, -0.1) is 0 Å². The zero-order chi connectivity index (χ0) is 16.2. The first-order valence-electron chi connectivity index (χ1n) is 7.90. The predicted octanol–water partition coefficient (Wildman–Crippen LogP) is 3.23. The van der Waals surface area contributed by atoms with Crippen LogP contribution in [0.15, 0.2) is 48.5 Å². The molecule has 120 valence electrons. The number of rotatable bonds is 4. The van der Waals surface area contributed by atoms with Crippen molar-refractivity contribution in [3.63, 3.8) is 0 Å². The van der Waals surface area contributed by atoms with Gasteiger partial charge in [-0.05, 0) is 24.6 Å². The summed E-state index contributed by atoms with van der Waals surface area (Å²) in [6, 6.07) is 16.0. The van der Waals surface area contributed by atoms with Gasteiger partial charge in [-0.25, -0.2) is 0 Å². The smallest absolute Gasteiger partial charge is 0.272 e. The van der Waals surface area contributed by atoms with Crippen LogP contribution in [0.1, 0.15) is 11.1 Å². The van der Waals surface area contributed by atoms with Crippen molar-refractivity contribution in [3.8, 4) is 0 Å². The maximum absolute atomic E-state index is 11.1. The van der Waals surface area contributed by atoms with E-state index in [-0.39, 0.29) is 10.6 Å². The summed E-state index contributed by atoms with van der Waals surface area (Å²) in [7, 11) is 0. The van der Waals surface area contributed by atoms with Gasteiger partial charge in [0, 0.05) is 50.0 Å². The molecule has 0 radical (unpaired) electrons. The third kappa shape index (κ3) is 3.68. The summed E-state index contributed by atoms with van der Waals surface area (Å²) in [5.74, 6) is 0. The lowest BCUT2D eigenvalue weighted by atomic mass is 10.1. The van der Waals surface area contributed by atoms with Crippen LogP contribution in [0.2, 0.25) is 0 Å². The van der Waals surface area contributed by atoms with Gasteiger partial charge >= 0.3 is 0 Å². The molecule has 1 fully saturated rings. The first-order chi connectivity index (χ1) is 11.1. The van der Waals surface area contributed by atoms with Crippen molar-refractivity contribution >= 4 is 11.4 Å². The predicted molar refractivity (Wildman–Crippen MR) is 91.8 cm³/mol. The fraction of sp³-hybridized carbons (Fsp3) is 0.333. The van der Waals surface area contributed by atoms with E-state index < -0.39 is 0 Å². The van der Waals surface area contributed by atoms with Gasteiger partial charge in [-0.2, -0.15) is 0 Å². The van der Waals surface area contributed by atoms with Crippen LogP contribution in [0, 0.1) is 17.0 Å². The van der Waals surface area contributed by atoms with Crippen LogP contribution in [-0.2, 0) is 6.54 Å². The average Bonchev–Trinajstić information content (AvgIpc) is 2.58. The van der Waals surface area contributed by atoms with Gasteiger partial charge < -0.3 is 4.90 Å². The number of piperazine rings is 1. The van der Waals surface area contributed by atoms with Gasteiger partial charge in [-0.3, -0.25) is 15.0 Å². The molecule has 0 saturated carbocycles. The van der Waals surface area contributed by atoms with Crippen LogP contribution in [0.3, 0.4) is 0 Å². The molecule has 0 aliphatic carbocycles. The van der Waals surface area contributed by atoms with Crippen molar-refractivity contribution < 1.29 is 4.92 Å². The Morgan fingerprint density at radius 2 is 1.74 bits per heavy atom. The summed E-state index contributed by atoms with van der Waals surface area (Å²) in [4.78, 5) is 15.5. The van der Waals surface area contributed by atoms with Crippen molar-refractivity contribution in [1.29, 1.82) is 0 Å². The Balaban J connectivity index is 1.61. The molecular formula is C18H21N3O2. The minimum absolute atomic E-state index is 0.213. The molecule has 3 rings (SSSR count). The Morgan fingerprint density at radius 3 is 2.39 bits per heavy atom. The highest BCUT2D eigenvalue weighted by molar-refractivity contribution is 5.46. The Labute approximate surface area is 136 Å². The zero-order valence-corrected chi connectivity index (χ0v) is 13.3. The van der Waals surface area contributed by atoms with Gasteiger partial charge in [0.05, 0.1) is 4.92 Å². The summed E-state index contributed by atoms with van der Waals surface area (Å²) in [5, 5.41) is 11.1. The normalized spacial score (nSPS) is 15.6. The Bertz CT molecular complexity index is 680. The number of aryl methyl sites for hydroxylation is 1. The summed E-state index contributed by atoms with van der Waals surface area (Å²) in [5.41, 5.74) is 3.20. The molecule has 0 bridgehead atoms. The fourth-order valence-electron chi connectivity index (χ4n) is 3.01. The average molecular weight is 311 g/mol. The van der Waals surface area contributed by atoms with Gasteiger partial charge in [-0.1, -0.05) is 30.3 Å². The molecule has 23 heavy (non-hydrogen) atoms. The Hall–Kier alpha value is -2.40. The van der Waals surface area contributed by atoms with Crippen LogP contribution in [-0.4, -0.2) is 36.0 Å². The zero-order valence-electron chi connectivity index (χ0n) is 13.3. The SMILES string of the molecule is Cc1ccc(CN2CCN(c3ccccc3)CC2)cc1[N+](=O)[O-]. The standard InChI is InChI=1S/C18H21N3O2/c1-15-7-8-16(13-18(15)21(22)23)14-19-9-11-20(12-10-19)17-5-3-2-4-6-17/h2-8,13H,9-12,14H2,1H3. The minimum Gasteiger partial charge on any atom is -0.369 e. The second-order valence-electron chi connectivity index (χ2n) is 5.98. The molecule has 0 amide bonds. The number of nitro groups is 1. The maximum Gasteiger partial charge on any atom is 0.272 e. The van der Waals surface area contributed by atoms with E-state index in [2.05, 4.69) is 34.1 Å². The Kier molecular flexibility index (Phi) is 4.57. The third-order valence-electron chi connectivity index (χ3n) is 4.37. The molecule has 0 spiro atoms. The number of anilines is 1. The van der Waals surface area contributed by atoms with Crippen LogP contribution in [0.5, 0.6) is 0 Å². The highest BCUT2D eigenvalue weighted by atomic mass is 16.6. The summed E-state index contributed by atoms with van der Waals surface area (Å²) >= 11 is 0. The first-order valence-corrected chi connectivity index (χ1v) is 7.90. The maximum atomic E-state index is 11.1.